The third kappa shape index (κ3) is 4.62. The van der Waals surface area contributed by atoms with E-state index in [1.54, 1.807) is 0 Å². The van der Waals surface area contributed by atoms with Gasteiger partial charge in [0.05, 0.1) is 0 Å². The van der Waals surface area contributed by atoms with Gasteiger partial charge < -0.3 is 5.32 Å². The van der Waals surface area contributed by atoms with Crippen molar-refractivity contribution in [3.05, 3.63) is 34.3 Å². The molecule has 0 heterocycles. The van der Waals surface area contributed by atoms with Crippen LogP contribution in [-0.2, 0) is 6.54 Å². The Hall–Kier alpha value is -0.530. The second-order valence-electron chi connectivity index (χ2n) is 5.85. The summed E-state index contributed by atoms with van der Waals surface area (Å²) in [7, 11) is 0. The molecule has 0 aliphatic carbocycles. The first-order chi connectivity index (χ1) is 8.41. The van der Waals surface area contributed by atoms with Gasteiger partial charge in [-0.15, -0.1) is 0 Å². The normalized spacial score (nSPS) is 11.8. The van der Waals surface area contributed by atoms with Crippen LogP contribution in [0, 0.1) is 24.7 Å². The summed E-state index contributed by atoms with van der Waals surface area (Å²) in [6.07, 6.45) is 0. The highest BCUT2D eigenvalue weighted by Gasteiger charge is 2.16. The highest BCUT2D eigenvalue weighted by Crippen LogP contribution is 2.20. The molecule has 1 N–H and O–H groups in total. The molecule has 102 valence electrons. The van der Waals surface area contributed by atoms with Crippen LogP contribution in [0.15, 0.2) is 18.2 Å². The lowest BCUT2D eigenvalue weighted by Gasteiger charge is -2.25. The van der Waals surface area contributed by atoms with Crippen LogP contribution >= 0.6 is 11.6 Å². The molecule has 1 aromatic carbocycles. The fraction of sp³-hybridized carbons (Fsp3) is 0.625. The molecule has 0 aliphatic heterocycles. The highest BCUT2D eigenvalue weighted by molar-refractivity contribution is 6.30. The van der Waals surface area contributed by atoms with E-state index in [1.807, 2.05) is 12.1 Å². The van der Waals surface area contributed by atoms with Gasteiger partial charge in [-0.05, 0) is 54.5 Å². The van der Waals surface area contributed by atoms with Gasteiger partial charge in [-0.2, -0.15) is 0 Å². The van der Waals surface area contributed by atoms with Gasteiger partial charge in [0.25, 0.3) is 0 Å². The second kappa shape index (κ2) is 7.16. The first-order valence-electron chi connectivity index (χ1n) is 6.87. The second-order valence-corrected chi connectivity index (χ2v) is 6.29. The fourth-order valence-electron chi connectivity index (χ4n) is 2.47. The zero-order valence-electron chi connectivity index (χ0n) is 12.3. The molecule has 0 atom stereocenters. The molecule has 0 spiro atoms. The van der Waals surface area contributed by atoms with Crippen molar-refractivity contribution in [3.63, 3.8) is 0 Å². The summed E-state index contributed by atoms with van der Waals surface area (Å²) in [5.41, 5.74) is 2.60. The van der Waals surface area contributed by atoms with Crippen LogP contribution in [0.3, 0.4) is 0 Å². The summed E-state index contributed by atoms with van der Waals surface area (Å²) in [6, 6.07) is 6.11. The molecular formula is C16H26ClN. The predicted octanol–water partition coefficient (Wildman–Crippen LogP) is 4.67. The summed E-state index contributed by atoms with van der Waals surface area (Å²) >= 11 is 5.96. The lowest BCUT2D eigenvalue weighted by Crippen LogP contribution is -2.29. The standard InChI is InChI=1S/C16H26ClN/c1-11(2)16(12(3)4)10-18-9-14-6-7-15(17)8-13(14)5/h6-8,11-12,16,18H,9-10H2,1-5H3. The third-order valence-corrected chi connectivity index (χ3v) is 3.95. The van der Waals surface area contributed by atoms with Crippen molar-refractivity contribution in [3.8, 4) is 0 Å². The Morgan fingerprint density at radius 2 is 1.72 bits per heavy atom. The SMILES string of the molecule is Cc1cc(Cl)ccc1CNCC(C(C)C)C(C)C. The van der Waals surface area contributed by atoms with Gasteiger partial charge in [-0.1, -0.05) is 45.4 Å². The molecule has 0 aliphatic rings. The number of benzene rings is 1. The molecule has 0 saturated carbocycles. The quantitative estimate of drug-likeness (QED) is 0.790. The van der Waals surface area contributed by atoms with Crippen LogP contribution in [0.2, 0.25) is 5.02 Å². The Labute approximate surface area is 117 Å². The third-order valence-electron chi connectivity index (χ3n) is 3.71. The van der Waals surface area contributed by atoms with Gasteiger partial charge in [0, 0.05) is 11.6 Å². The lowest BCUT2D eigenvalue weighted by molar-refractivity contribution is 0.275. The number of hydrogen-bond acceptors (Lipinski definition) is 1. The molecule has 0 amide bonds. The van der Waals surface area contributed by atoms with Crippen LogP contribution in [0.5, 0.6) is 0 Å². The van der Waals surface area contributed by atoms with E-state index >= 15 is 0 Å². The summed E-state index contributed by atoms with van der Waals surface area (Å²) < 4.78 is 0. The molecule has 1 rings (SSSR count). The van der Waals surface area contributed by atoms with Gasteiger partial charge in [0.15, 0.2) is 0 Å². The van der Waals surface area contributed by atoms with Crippen molar-refractivity contribution >= 4 is 11.6 Å². The summed E-state index contributed by atoms with van der Waals surface area (Å²) in [5, 5.41) is 4.40. The van der Waals surface area contributed by atoms with E-state index in [-0.39, 0.29) is 0 Å². The maximum absolute atomic E-state index is 5.96. The van der Waals surface area contributed by atoms with E-state index in [2.05, 4.69) is 46.0 Å². The number of nitrogens with one attached hydrogen (secondary N) is 1. The molecular weight excluding hydrogens is 242 g/mol. The number of aryl methyl sites for hydroxylation is 1. The number of hydrogen-bond donors (Lipinski definition) is 1. The first kappa shape index (κ1) is 15.5. The first-order valence-corrected chi connectivity index (χ1v) is 7.25. The Bertz CT molecular complexity index is 363. The molecule has 0 fully saturated rings. The van der Waals surface area contributed by atoms with Gasteiger partial charge >= 0.3 is 0 Å². The van der Waals surface area contributed by atoms with E-state index in [1.165, 1.54) is 11.1 Å². The lowest BCUT2D eigenvalue weighted by atomic mass is 9.85. The van der Waals surface area contributed by atoms with Crippen LogP contribution in [-0.4, -0.2) is 6.54 Å². The largest absolute Gasteiger partial charge is 0.312 e. The van der Waals surface area contributed by atoms with Crippen molar-refractivity contribution in [2.75, 3.05) is 6.54 Å². The van der Waals surface area contributed by atoms with Crippen molar-refractivity contribution in [1.29, 1.82) is 0 Å². The van der Waals surface area contributed by atoms with Gasteiger partial charge in [-0.3, -0.25) is 0 Å². The summed E-state index contributed by atoms with van der Waals surface area (Å²) in [5.74, 6) is 2.19. The molecule has 1 aromatic rings. The Balaban J connectivity index is 2.50. The maximum Gasteiger partial charge on any atom is 0.0408 e. The van der Waals surface area contributed by atoms with Gasteiger partial charge in [0.2, 0.25) is 0 Å². The van der Waals surface area contributed by atoms with Crippen molar-refractivity contribution in [1.82, 2.24) is 5.32 Å². The fourth-order valence-corrected chi connectivity index (χ4v) is 2.70. The molecule has 0 unspecified atom stereocenters. The van der Waals surface area contributed by atoms with Gasteiger partial charge in [-0.25, -0.2) is 0 Å². The molecule has 18 heavy (non-hydrogen) atoms. The van der Waals surface area contributed by atoms with E-state index in [0.29, 0.717) is 0 Å². The molecule has 0 saturated heterocycles. The smallest absolute Gasteiger partial charge is 0.0408 e. The summed E-state index contributed by atoms with van der Waals surface area (Å²) in [6.45, 7) is 13.3. The minimum atomic E-state index is 0.726. The van der Waals surface area contributed by atoms with Crippen molar-refractivity contribution < 1.29 is 0 Å². The van der Waals surface area contributed by atoms with E-state index < -0.39 is 0 Å². The average molecular weight is 268 g/mol. The highest BCUT2D eigenvalue weighted by atomic mass is 35.5. The Kier molecular flexibility index (Phi) is 6.17. The van der Waals surface area contributed by atoms with Crippen molar-refractivity contribution in [2.24, 2.45) is 17.8 Å². The predicted molar refractivity (Wildman–Crippen MR) is 81.1 cm³/mol. The Morgan fingerprint density at radius 1 is 1.11 bits per heavy atom. The molecule has 0 bridgehead atoms. The van der Waals surface area contributed by atoms with Crippen LogP contribution in [0.4, 0.5) is 0 Å². The Morgan fingerprint density at radius 3 is 2.22 bits per heavy atom. The maximum atomic E-state index is 5.96. The zero-order chi connectivity index (χ0) is 13.7. The molecule has 0 radical (unpaired) electrons. The van der Waals surface area contributed by atoms with Crippen LogP contribution in [0.1, 0.15) is 38.8 Å². The average Bonchev–Trinajstić information content (AvgIpc) is 2.25. The van der Waals surface area contributed by atoms with E-state index in [0.717, 1.165) is 35.9 Å². The monoisotopic (exact) mass is 267 g/mol. The van der Waals surface area contributed by atoms with Crippen LogP contribution in [0.25, 0.3) is 0 Å². The van der Waals surface area contributed by atoms with Crippen LogP contribution < -0.4 is 5.32 Å². The van der Waals surface area contributed by atoms with E-state index in [4.69, 9.17) is 11.6 Å². The number of halogens is 1. The number of rotatable bonds is 6. The topological polar surface area (TPSA) is 12.0 Å². The van der Waals surface area contributed by atoms with E-state index in [9.17, 15) is 0 Å². The van der Waals surface area contributed by atoms with Crippen molar-refractivity contribution in [2.45, 2.75) is 41.2 Å². The molecule has 0 aromatic heterocycles. The minimum absolute atomic E-state index is 0.726. The molecule has 1 nitrogen and oxygen atoms in total. The molecule has 2 heteroatoms. The summed E-state index contributed by atoms with van der Waals surface area (Å²) in [4.78, 5) is 0. The zero-order valence-corrected chi connectivity index (χ0v) is 13.0. The van der Waals surface area contributed by atoms with Gasteiger partial charge in [0.1, 0.15) is 0 Å². The minimum Gasteiger partial charge on any atom is -0.312 e.